The highest BCUT2D eigenvalue weighted by Crippen LogP contribution is 2.30. The molecule has 0 unspecified atom stereocenters. The van der Waals surface area contributed by atoms with Crippen molar-refractivity contribution in [1.29, 1.82) is 0 Å². The van der Waals surface area contributed by atoms with E-state index in [9.17, 15) is 4.79 Å². The number of hydrogen-bond acceptors (Lipinski definition) is 4. The molecule has 2 aromatic rings. The molecule has 5 heteroatoms. The van der Waals surface area contributed by atoms with E-state index in [4.69, 9.17) is 5.73 Å². The number of likely N-dealkylation sites (N-methyl/N-ethyl adjacent to an activating group) is 1. The quantitative estimate of drug-likeness (QED) is 0.826. The third-order valence-corrected chi connectivity index (χ3v) is 3.41. The summed E-state index contributed by atoms with van der Waals surface area (Å²) in [6.07, 6.45) is 2.72. The molecule has 21 heavy (non-hydrogen) atoms. The van der Waals surface area contributed by atoms with Crippen LogP contribution in [-0.4, -0.2) is 31.0 Å². The molecule has 0 radical (unpaired) electrons. The van der Waals surface area contributed by atoms with Gasteiger partial charge in [-0.15, -0.1) is 0 Å². The molecule has 0 fully saturated rings. The Kier molecular flexibility index (Phi) is 4.62. The second-order valence-electron chi connectivity index (χ2n) is 5.25. The average molecular weight is 286 g/mol. The summed E-state index contributed by atoms with van der Waals surface area (Å²) in [5.41, 5.74) is 8.62. The molecule has 0 aliphatic carbocycles. The van der Waals surface area contributed by atoms with Crippen molar-refractivity contribution >= 4 is 28.1 Å². The Bertz CT molecular complexity index is 654. The second kappa shape index (κ2) is 6.43. The normalized spacial score (nSPS) is 10.6. The van der Waals surface area contributed by atoms with Crippen LogP contribution in [0.5, 0.6) is 0 Å². The first-order chi connectivity index (χ1) is 10.0. The molecule has 1 aromatic carbocycles. The van der Waals surface area contributed by atoms with Gasteiger partial charge in [-0.05, 0) is 31.5 Å². The third-order valence-electron chi connectivity index (χ3n) is 3.41. The van der Waals surface area contributed by atoms with Gasteiger partial charge in [0.05, 0.1) is 6.54 Å². The zero-order valence-corrected chi connectivity index (χ0v) is 12.8. The van der Waals surface area contributed by atoms with Gasteiger partial charge in [0.15, 0.2) is 0 Å². The van der Waals surface area contributed by atoms with E-state index in [0.29, 0.717) is 18.8 Å². The molecule has 0 saturated carbocycles. The van der Waals surface area contributed by atoms with E-state index in [-0.39, 0.29) is 5.91 Å². The van der Waals surface area contributed by atoms with E-state index >= 15 is 0 Å². The van der Waals surface area contributed by atoms with E-state index in [1.165, 1.54) is 0 Å². The van der Waals surface area contributed by atoms with Gasteiger partial charge < -0.3 is 16.0 Å². The van der Waals surface area contributed by atoms with Crippen molar-refractivity contribution in [3.8, 4) is 0 Å². The largest absolute Gasteiger partial charge is 0.398 e. The minimum absolute atomic E-state index is 0.0232. The minimum Gasteiger partial charge on any atom is -0.398 e. The number of hydrogen-bond donors (Lipinski definition) is 2. The van der Waals surface area contributed by atoms with Crippen molar-refractivity contribution in [3.05, 3.63) is 30.1 Å². The minimum atomic E-state index is 0.0232. The molecule has 112 valence electrons. The maximum absolute atomic E-state index is 11.9. The van der Waals surface area contributed by atoms with Gasteiger partial charge in [0.1, 0.15) is 0 Å². The lowest BCUT2D eigenvalue weighted by Crippen LogP contribution is -2.35. The smallest absolute Gasteiger partial charge is 0.239 e. The Hall–Kier alpha value is -2.30. The molecule has 1 amide bonds. The SMILES string of the molecule is CCCNC(=O)CN(C)c1ccc(N)c2cnc(C)cc12. The van der Waals surface area contributed by atoms with Crippen molar-refractivity contribution in [2.24, 2.45) is 0 Å². The molecule has 0 saturated heterocycles. The van der Waals surface area contributed by atoms with Gasteiger partial charge in [0.25, 0.3) is 0 Å². The molecule has 0 spiro atoms. The van der Waals surface area contributed by atoms with Crippen LogP contribution in [0.15, 0.2) is 24.4 Å². The number of fused-ring (bicyclic) bond motifs is 1. The summed E-state index contributed by atoms with van der Waals surface area (Å²) in [7, 11) is 1.91. The van der Waals surface area contributed by atoms with Gasteiger partial charge in [0.2, 0.25) is 5.91 Å². The standard InChI is InChI=1S/C16H22N4O/c1-4-7-18-16(21)10-20(3)15-6-5-14(17)13-9-19-11(2)8-12(13)15/h5-6,8-9H,4,7,10,17H2,1-3H3,(H,18,21). The van der Waals surface area contributed by atoms with E-state index in [1.54, 1.807) is 6.20 Å². The van der Waals surface area contributed by atoms with Crippen LogP contribution in [0.2, 0.25) is 0 Å². The number of rotatable bonds is 5. The van der Waals surface area contributed by atoms with Crippen LogP contribution in [0.4, 0.5) is 11.4 Å². The molecule has 2 rings (SSSR count). The lowest BCUT2D eigenvalue weighted by molar-refractivity contribution is -0.119. The molecule has 0 bridgehead atoms. The highest BCUT2D eigenvalue weighted by atomic mass is 16.2. The monoisotopic (exact) mass is 286 g/mol. The number of carbonyl (C=O) groups is 1. The highest BCUT2D eigenvalue weighted by Gasteiger charge is 2.12. The van der Waals surface area contributed by atoms with Crippen LogP contribution in [-0.2, 0) is 4.79 Å². The van der Waals surface area contributed by atoms with E-state index < -0.39 is 0 Å². The van der Waals surface area contributed by atoms with Crippen molar-refractivity contribution < 1.29 is 4.79 Å². The number of nitrogens with one attached hydrogen (secondary N) is 1. The number of aryl methyl sites for hydroxylation is 1. The third kappa shape index (κ3) is 3.42. The summed E-state index contributed by atoms with van der Waals surface area (Å²) in [6.45, 7) is 5.01. The molecule has 0 aliphatic rings. The van der Waals surface area contributed by atoms with Crippen LogP contribution in [0, 0.1) is 6.92 Å². The van der Waals surface area contributed by atoms with Crippen LogP contribution < -0.4 is 16.0 Å². The first-order valence-electron chi connectivity index (χ1n) is 7.15. The van der Waals surface area contributed by atoms with Crippen molar-refractivity contribution in [2.45, 2.75) is 20.3 Å². The van der Waals surface area contributed by atoms with Gasteiger partial charge in [-0.25, -0.2) is 0 Å². The fraction of sp³-hybridized carbons (Fsp3) is 0.375. The number of nitrogen functional groups attached to an aromatic ring is 1. The van der Waals surface area contributed by atoms with Crippen molar-refractivity contribution in [2.75, 3.05) is 30.8 Å². The number of anilines is 2. The first-order valence-corrected chi connectivity index (χ1v) is 7.15. The lowest BCUT2D eigenvalue weighted by atomic mass is 10.1. The molecule has 0 atom stereocenters. The summed E-state index contributed by atoms with van der Waals surface area (Å²) in [6, 6.07) is 5.81. The van der Waals surface area contributed by atoms with Crippen molar-refractivity contribution in [3.63, 3.8) is 0 Å². The Morgan fingerprint density at radius 1 is 1.38 bits per heavy atom. The fourth-order valence-electron chi connectivity index (χ4n) is 2.30. The van der Waals surface area contributed by atoms with Crippen LogP contribution >= 0.6 is 0 Å². The second-order valence-corrected chi connectivity index (χ2v) is 5.25. The van der Waals surface area contributed by atoms with Crippen LogP contribution in [0.1, 0.15) is 19.0 Å². The van der Waals surface area contributed by atoms with Gasteiger partial charge >= 0.3 is 0 Å². The fourth-order valence-corrected chi connectivity index (χ4v) is 2.30. The maximum Gasteiger partial charge on any atom is 0.239 e. The summed E-state index contributed by atoms with van der Waals surface area (Å²) < 4.78 is 0. The van der Waals surface area contributed by atoms with Crippen LogP contribution in [0.3, 0.4) is 0 Å². The molecular formula is C16H22N4O. The van der Waals surface area contributed by atoms with Gasteiger partial charge in [-0.2, -0.15) is 0 Å². The first kappa shape index (κ1) is 15.1. The molecule has 3 N–H and O–H groups in total. The molecule has 5 nitrogen and oxygen atoms in total. The molecule has 0 aliphatic heterocycles. The lowest BCUT2D eigenvalue weighted by Gasteiger charge is -2.21. The summed E-state index contributed by atoms with van der Waals surface area (Å²) in [5, 5.41) is 4.82. The Morgan fingerprint density at radius 2 is 2.14 bits per heavy atom. The zero-order chi connectivity index (χ0) is 15.4. The number of nitrogens with two attached hydrogens (primary N) is 1. The molecule has 1 heterocycles. The Labute approximate surface area is 125 Å². The number of amides is 1. The number of pyridine rings is 1. The summed E-state index contributed by atoms with van der Waals surface area (Å²) >= 11 is 0. The van der Waals surface area contributed by atoms with Gasteiger partial charge in [-0.3, -0.25) is 9.78 Å². The predicted molar refractivity (Wildman–Crippen MR) is 87.5 cm³/mol. The van der Waals surface area contributed by atoms with Gasteiger partial charge in [-0.1, -0.05) is 6.92 Å². The van der Waals surface area contributed by atoms with E-state index in [1.807, 2.05) is 44.0 Å². The van der Waals surface area contributed by atoms with Gasteiger partial charge in [0, 0.05) is 47.6 Å². The molecular weight excluding hydrogens is 264 g/mol. The predicted octanol–water partition coefficient (Wildman–Crippen LogP) is 2.09. The van der Waals surface area contributed by atoms with E-state index in [0.717, 1.165) is 28.6 Å². The number of aromatic nitrogens is 1. The van der Waals surface area contributed by atoms with Crippen molar-refractivity contribution in [1.82, 2.24) is 10.3 Å². The summed E-state index contributed by atoms with van der Waals surface area (Å²) in [5.74, 6) is 0.0232. The Balaban J connectivity index is 2.31. The topological polar surface area (TPSA) is 71.2 Å². The molecule has 1 aromatic heterocycles. The average Bonchev–Trinajstić information content (AvgIpc) is 2.45. The van der Waals surface area contributed by atoms with Crippen LogP contribution in [0.25, 0.3) is 10.8 Å². The summed E-state index contributed by atoms with van der Waals surface area (Å²) in [4.78, 5) is 18.1. The number of carbonyl (C=O) groups excluding carboxylic acids is 1. The van der Waals surface area contributed by atoms with E-state index in [2.05, 4.69) is 10.3 Å². The number of benzene rings is 1. The highest BCUT2D eigenvalue weighted by molar-refractivity contribution is 6.01. The maximum atomic E-state index is 11.9. The Morgan fingerprint density at radius 3 is 2.86 bits per heavy atom. The zero-order valence-electron chi connectivity index (χ0n) is 12.8. The number of nitrogens with zero attached hydrogens (tertiary/aromatic N) is 2.